The molecule has 74 valence electrons. The van der Waals surface area contributed by atoms with Crippen molar-refractivity contribution in [2.24, 2.45) is 11.0 Å². The Morgan fingerprint density at radius 1 is 1.38 bits per heavy atom. The second kappa shape index (κ2) is 5.00. The van der Waals surface area contributed by atoms with Crippen LogP contribution in [0.15, 0.2) is 5.10 Å². The third kappa shape index (κ3) is 2.83. The fourth-order valence-electron chi connectivity index (χ4n) is 1.48. The first-order valence-electron chi connectivity index (χ1n) is 5.12. The van der Waals surface area contributed by atoms with Gasteiger partial charge in [0, 0.05) is 0 Å². The molecule has 3 nitrogen and oxygen atoms in total. The Hall–Kier alpha value is -0.860. The van der Waals surface area contributed by atoms with Crippen LogP contribution in [0.25, 0.3) is 0 Å². The van der Waals surface area contributed by atoms with E-state index in [1.54, 1.807) is 0 Å². The first kappa shape index (κ1) is 10.2. The van der Waals surface area contributed by atoms with Crippen molar-refractivity contribution >= 4 is 11.6 Å². The molecule has 0 aromatic carbocycles. The van der Waals surface area contributed by atoms with E-state index < -0.39 is 0 Å². The maximum absolute atomic E-state index is 11.0. The molecule has 0 aromatic heterocycles. The van der Waals surface area contributed by atoms with Gasteiger partial charge in [-0.25, -0.2) is 5.43 Å². The molecule has 0 bridgehead atoms. The van der Waals surface area contributed by atoms with Gasteiger partial charge in [0.15, 0.2) is 0 Å². The summed E-state index contributed by atoms with van der Waals surface area (Å²) in [5.41, 5.74) is 3.54. The third-order valence-electron chi connectivity index (χ3n) is 2.49. The van der Waals surface area contributed by atoms with E-state index in [0.29, 0.717) is 0 Å². The molecule has 13 heavy (non-hydrogen) atoms. The van der Waals surface area contributed by atoms with Crippen molar-refractivity contribution in [1.29, 1.82) is 0 Å². The summed E-state index contributed by atoms with van der Waals surface area (Å²) in [7, 11) is 0. The Kier molecular flexibility index (Phi) is 3.93. The van der Waals surface area contributed by atoms with E-state index in [0.717, 1.165) is 18.6 Å². The fraction of sp³-hybridized carbons (Fsp3) is 0.800. The highest BCUT2D eigenvalue weighted by molar-refractivity contribution is 6.07. The van der Waals surface area contributed by atoms with Gasteiger partial charge in [0.2, 0.25) is 5.91 Å². The zero-order chi connectivity index (χ0) is 9.68. The number of carbonyl (C=O) groups is 1. The van der Waals surface area contributed by atoms with Gasteiger partial charge < -0.3 is 0 Å². The van der Waals surface area contributed by atoms with Crippen LogP contribution in [-0.2, 0) is 4.79 Å². The van der Waals surface area contributed by atoms with Crippen molar-refractivity contribution in [3.63, 3.8) is 0 Å². The van der Waals surface area contributed by atoms with Crippen molar-refractivity contribution in [1.82, 2.24) is 5.43 Å². The average Bonchev–Trinajstić information content (AvgIpc) is 2.43. The molecule has 1 aliphatic rings. The highest BCUT2D eigenvalue weighted by Gasteiger charge is 2.23. The molecule has 1 atom stereocenters. The Morgan fingerprint density at radius 3 is 2.69 bits per heavy atom. The number of hydrogen-bond acceptors (Lipinski definition) is 2. The molecule has 0 fully saturated rings. The lowest BCUT2D eigenvalue weighted by Gasteiger charge is -2.02. The van der Waals surface area contributed by atoms with E-state index in [1.165, 1.54) is 19.3 Å². The molecule has 1 rings (SSSR count). The van der Waals surface area contributed by atoms with Crippen molar-refractivity contribution in [2.45, 2.75) is 46.0 Å². The molecular formula is C10H18N2O. The Morgan fingerprint density at radius 2 is 2.15 bits per heavy atom. The smallest absolute Gasteiger partial charge is 0.248 e. The van der Waals surface area contributed by atoms with Crippen molar-refractivity contribution < 1.29 is 4.79 Å². The van der Waals surface area contributed by atoms with Crippen molar-refractivity contribution in [3.05, 3.63) is 0 Å². The highest BCUT2D eigenvalue weighted by atomic mass is 16.2. The molecule has 0 aliphatic carbocycles. The largest absolute Gasteiger partial charge is 0.272 e. The van der Waals surface area contributed by atoms with Crippen LogP contribution < -0.4 is 5.43 Å². The van der Waals surface area contributed by atoms with Crippen molar-refractivity contribution in [3.8, 4) is 0 Å². The van der Waals surface area contributed by atoms with E-state index in [1.807, 2.05) is 6.92 Å². The number of nitrogens with zero attached hydrogens (tertiary/aromatic N) is 1. The molecule has 0 radical (unpaired) electrons. The van der Waals surface area contributed by atoms with Crippen LogP contribution in [0.5, 0.6) is 0 Å². The van der Waals surface area contributed by atoms with E-state index >= 15 is 0 Å². The van der Waals surface area contributed by atoms with Gasteiger partial charge in [-0.15, -0.1) is 0 Å². The molecule has 1 heterocycles. The maximum Gasteiger partial charge on any atom is 0.248 e. The maximum atomic E-state index is 11.0. The van der Waals surface area contributed by atoms with Crippen LogP contribution in [0.3, 0.4) is 0 Å². The Bertz CT molecular complexity index is 211. The molecule has 1 unspecified atom stereocenters. The van der Waals surface area contributed by atoms with E-state index in [-0.39, 0.29) is 11.8 Å². The highest BCUT2D eigenvalue weighted by Crippen LogP contribution is 2.12. The molecule has 0 spiro atoms. The van der Waals surface area contributed by atoms with Gasteiger partial charge in [0.1, 0.15) is 0 Å². The Balaban J connectivity index is 2.19. The third-order valence-corrected chi connectivity index (χ3v) is 2.49. The zero-order valence-electron chi connectivity index (χ0n) is 8.47. The number of nitrogens with one attached hydrogen (secondary N) is 1. The number of rotatable bonds is 5. The quantitative estimate of drug-likeness (QED) is 0.650. The lowest BCUT2D eigenvalue weighted by Crippen LogP contribution is -2.19. The molecule has 0 saturated heterocycles. The molecular weight excluding hydrogens is 164 g/mol. The average molecular weight is 182 g/mol. The van der Waals surface area contributed by atoms with E-state index in [4.69, 9.17) is 0 Å². The lowest BCUT2D eigenvalue weighted by molar-refractivity contribution is -0.121. The summed E-state index contributed by atoms with van der Waals surface area (Å²) < 4.78 is 0. The van der Waals surface area contributed by atoms with Crippen LogP contribution in [0.2, 0.25) is 0 Å². The van der Waals surface area contributed by atoms with Crippen molar-refractivity contribution in [2.75, 3.05) is 0 Å². The topological polar surface area (TPSA) is 41.5 Å². The van der Waals surface area contributed by atoms with Gasteiger partial charge in [-0.05, 0) is 19.8 Å². The summed E-state index contributed by atoms with van der Waals surface area (Å²) in [6, 6.07) is 0. The van der Waals surface area contributed by atoms with Crippen LogP contribution in [0.1, 0.15) is 46.0 Å². The zero-order valence-corrected chi connectivity index (χ0v) is 8.47. The standard InChI is InChI=1S/C10H18N2O/c1-3-4-5-6-7-9-8(2)10(13)12-11-9/h8H,3-7H2,1-2H3,(H,12,13). The van der Waals surface area contributed by atoms with Crippen LogP contribution >= 0.6 is 0 Å². The van der Waals surface area contributed by atoms with Crippen LogP contribution in [-0.4, -0.2) is 11.6 Å². The first-order chi connectivity index (χ1) is 6.25. The van der Waals surface area contributed by atoms with Crippen LogP contribution in [0, 0.1) is 5.92 Å². The minimum Gasteiger partial charge on any atom is -0.272 e. The molecule has 0 saturated carbocycles. The molecule has 0 aromatic rings. The second-order valence-electron chi connectivity index (χ2n) is 3.61. The first-order valence-corrected chi connectivity index (χ1v) is 5.12. The van der Waals surface area contributed by atoms with Gasteiger partial charge in [0.25, 0.3) is 0 Å². The SMILES string of the molecule is CCCCCCC1=NNC(=O)C1C. The molecule has 1 N–H and O–H groups in total. The summed E-state index contributed by atoms with van der Waals surface area (Å²) in [5.74, 6) is 0.0483. The molecule has 1 amide bonds. The van der Waals surface area contributed by atoms with E-state index in [2.05, 4.69) is 17.5 Å². The lowest BCUT2D eigenvalue weighted by atomic mass is 10.0. The van der Waals surface area contributed by atoms with E-state index in [9.17, 15) is 4.79 Å². The normalized spacial score (nSPS) is 21.5. The predicted octanol–water partition coefficient (Wildman–Crippen LogP) is 2.08. The van der Waals surface area contributed by atoms with Gasteiger partial charge in [-0.1, -0.05) is 26.2 Å². The number of amides is 1. The molecule has 1 aliphatic heterocycles. The number of hydrogen-bond donors (Lipinski definition) is 1. The van der Waals surface area contributed by atoms with Gasteiger partial charge >= 0.3 is 0 Å². The number of unbranched alkanes of at least 4 members (excludes halogenated alkanes) is 3. The predicted molar refractivity (Wildman–Crippen MR) is 53.5 cm³/mol. The van der Waals surface area contributed by atoms with Gasteiger partial charge in [-0.3, -0.25) is 4.79 Å². The summed E-state index contributed by atoms with van der Waals surface area (Å²) in [6.45, 7) is 4.11. The summed E-state index contributed by atoms with van der Waals surface area (Å²) in [5, 5.41) is 4.01. The summed E-state index contributed by atoms with van der Waals surface area (Å²) in [6.07, 6.45) is 5.91. The number of hydrazone groups is 1. The summed E-state index contributed by atoms with van der Waals surface area (Å²) >= 11 is 0. The van der Waals surface area contributed by atoms with Gasteiger partial charge in [-0.2, -0.15) is 5.10 Å². The Labute approximate surface area is 79.6 Å². The fourth-order valence-corrected chi connectivity index (χ4v) is 1.48. The van der Waals surface area contributed by atoms with Crippen LogP contribution in [0.4, 0.5) is 0 Å². The molecule has 3 heteroatoms. The monoisotopic (exact) mass is 182 g/mol. The second-order valence-corrected chi connectivity index (χ2v) is 3.61. The summed E-state index contributed by atoms with van der Waals surface area (Å²) in [4.78, 5) is 11.0. The minimum absolute atomic E-state index is 0.00151. The number of carbonyl (C=O) groups excluding carboxylic acids is 1. The minimum atomic E-state index is 0.00151. The van der Waals surface area contributed by atoms with Gasteiger partial charge in [0.05, 0.1) is 11.6 Å².